The van der Waals surface area contributed by atoms with Crippen LogP contribution in [0.3, 0.4) is 0 Å². The third kappa shape index (κ3) is 6.04. The number of halogens is 1. The Labute approximate surface area is 101 Å². The van der Waals surface area contributed by atoms with Crippen LogP contribution in [0.4, 0.5) is 4.39 Å². The number of rotatable bonds is 8. The maximum Gasteiger partial charge on any atom is 0.123 e. The first-order valence-corrected chi connectivity index (χ1v) is 5.60. The zero-order valence-electron chi connectivity index (χ0n) is 9.73. The van der Waals surface area contributed by atoms with Gasteiger partial charge in [0.25, 0.3) is 0 Å². The van der Waals surface area contributed by atoms with E-state index in [-0.39, 0.29) is 12.4 Å². The second kappa shape index (κ2) is 7.81. The van der Waals surface area contributed by atoms with Gasteiger partial charge >= 0.3 is 0 Å². The van der Waals surface area contributed by atoms with E-state index < -0.39 is 6.10 Å². The molecular formula is C13H18FNO2. The van der Waals surface area contributed by atoms with Crippen molar-refractivity contribution >= 4 is 0 Å². The molecule has 0 radical (unpaired) electrons. The quantitative estimate of drug-likeness (QED) is 0.536. The van der Waals surface area contributed by atoms with Gasteiger partial charge in [-0.3, -0.25) is 0 Å². The molecule has 0 bridgehead atoms. The molecule has 1 aromatic rings. The minimum Gasteiger partial charge on any atom is -0.491 e. The maximum absolute atomic E-state index is 12.6. The molecule has 0 amide bonds. The average molecular weight is 239 g/mol. The first kappa shape index (κ1) is 13.7. The van der Waals surface area contributed by atoms with Crippen molar-refractivity contribution in [3.05, 3.63) is 42.7 Å². The Hall–Kier alpha value is -1.39. The summed E-state index contributed by atoms with van der Waals surface area (Å²) in [5.74, 6) is 0.250. The van der Waals surface area contributed by atoms with Gasteiger partial charge in [-0.1, -0.05) is 6.08 Å². The van der Waals surface area contributed by atoms with E-state index in [2.05, 4.69) is 11.9 Å². The van der Waals surface area contributed by atoms with Crippen molar-refractivity contribution in [1.82, 2.24) is 5.32 Å². The van der Waals surface area contributed by atoms with Gasteiger partial charge in [0.05, 0.1) is 0 Å². The topological polar surface area (TPSA) is 41.5 Å². The highest BCUT2D eigenvalue weighted by Gasteiger charge is 2.04. The number of hydrogen-bond acceptors (Lipinski definition) is 3. The molecule has 0 aliphatic rings. The summed E-state index contributed by atoms with van der Waals surface area (Å²) in [6.45, 7) is 5.05. The van der Waals surface area contributed by atoms with E-state index >= 15 is 0 Å². The molecule has 4 heteroatoms. The number of aliphatic hydroxyl groups excluding tert-OH is 1. The summed E-state index contributed by atoms with van der Waals surface area (Å²) in [7, 11) is 0. The molecule has 1 atom stereocenters. The molecule has 0 saturated carbocycles. The van der Waals surface area contributed by atoms with E-state index in [1.54, 1.807) is 0 Å². The highest BCUT2D eigenvalue weighted by Crippen LogP contribution is 2.10. The summed E-state index contributed by atoms with van der Waals surface area (Å²) < 4.78 is 17.9. The number of nitrogens with one attached hydrogen (secondary N) is 1. The van der Waals surface area contributed by atoms with Gasteiger partial charge in [0.15, 0.2) is 0 Å². The van der Waals surface area contributed by atoms with Gasteiger partial charge in [-0.15, -0.1) is 6.58 Å². The van der Waals surface area contributed by atoms with Crippen LogP contribution >= 0.6 is 0 Å². The van der Waals surface area contributed by atoms with Crippen LogP contribution in [0, 0.1) is 5.82 Å². The van der Waals surface area contributed by atoms with Gasteiger partial charge in [-0.25, -0.2) is 4.39 Å². The van der Waals surface area contributed by atoms with Crippen LogP contribution in [-0.4, -0.2) is 30.9 Å². The van der Waals surface area contributed by atoms with E-state index in [1.807, 2.05) is 6.08 Å². The minimum atomic E-state index is -0.579. The van der Waals surface area contributed by atoms with Crippen molar-refractivity contribution in [2.75, 3.05) is 19.7 Å². The van der Waals surface area contributed by atoms with Crippen molar-refractivity contribution in [2.24, 2.45) is 0 Å². The Morgan fingerprint density at radius 2 is 2.12 bits per heavy atom. The van der Waals surface area contributed by atoms with Crippen LogP contribution in [0.5, 0.6) is 5.75 Å². The zero-order chi connectivity index (χ0) is 12.5. The molecule has 2 N–H and O–H groups in total. The number of aliphatic hydroxyl groups is 1. The fourth-order valence-corrected chi connectivity index (χ4v) is 1.25. The summed E-state index contributed by atoms with van der Waals surface area (Å²) in [4.78, 5) is 0. The average Bonchev–Trinajstić information content (AvgIpc) is 2.34. The highest BCUT2D eigenvalue weighted by molar-refractivity contribution is 5.22. The van der Waals surface area contributed by atoms with Crippen LogP contribution < -0.4 is 10.1 Å². The Balaban J connectivity index is 2.16. The van der Waals surface area contributed by atoms with Gasteiger partial charge in [0, 0.05) is 6.54 Å². The van der Waals surface area contributed by atoms with E-state index in [0.717, 1.165) is 13.0 Å². The molecule has 0 heterocycles. The van der Waals surface area contributed by atoms with E-state index in [9.17, 15) is 9.50 Å². The summed E-state index contributed by atoms with van der Waals surface area (Å²) in [5.41, 5.74) is 0. The molecule has 0 aromatic heterocycles. The van der Waals surface area contributed by atoms with Crippen molar-refractivity contribution < 1.29 is 14.2 Å². The second-order valence-corrected chi connectivity index (χ2v) is 3.70. The third-order valence-electron chi connectivity index (χ3n) is 2.16. The molecule has 1 unspecified atom stereocenters. The molecule has 94 valence electrons. The van der Waals surface area contributed by atoms with Crippen LogP contribution in [0.2, 0.25) is 0 Å². The first-order chi connectivity index (χ1) is 8.22. The van der Waals surface area contributed by atoms with Gasteiger partial charge in [0.2, 0.25) is 0 Å². The lowest BCUT2D eigenvalue weighted by Gasteiger charge is -2.12. The first-order valence-electron chi connectivity index (χ1n) is 5.60. The van der Waals surface area contributed by atoms with E-state index in [4.69, 9.17) is 4.74 Å². The van der Waals surface area contributed by atoms with E-state index in [0.29, 0.717) is 12.3 Å². The fourth-order valence-electron chi connectivity index (χ4n) is 1.25. The predicted molar refractivity (Wildman–Crippen MR) is 65.6 cm³/mol. The fraction of sp³-hybridized carbons (Fsp3) is 0.385. The Morgan fingerprint density at radius 1 is 1.41 bits per heavy atom. The summed E-state index contributed by atoms with van der Waals surface area (Å²) in [6.07, 6.45) is 2.10. The van der Waals surface area contributed by atoms with Crippen LogP contribution in [0.25, 0.3) is 0 Å². The number of ether oxygens (including phenoxy) is 1. The molecule has 17 heavy (non-hydrogen) atoms. The predicted octanol–water partition coefficient (Wildman–Crippen LogP) is 1.73. The van der Waals surface area contributed by atoms with Crippen LogP contribution in [-0.2, 0) is 0 Å². The van der Waals surface area contributed by atoms with Crippen molar-refractivity contribution in [3.8, 4) is 5.75 Å². The van der Waals surface area contributed by atoms with Crippen LogP contribution in [0.15, 0.2) is 36.9 Å². The number of hydrogen-bond donors (Lipinski definition) is 2. The monoisotopic (exact) mass is 239 g/mol. The third-order valence-corrected chi connectivity index (χ3v) is 2.16. The minimum absolute atomic E-state index is 0.187. The summed E-state index contributed by atoms with van der Waals surface area (Å²) in [6, 6.07) is 5.72. The normalized spacial score (nSPS) is 12.1. The molecule has 0 fully saturated rings. The van der Waals surface area contributed by atoms with Gasteiger partial charge in [-0.05, 0) is 37.2 Å². The molecule has 1 aromatic carbocycles. The van der Waals surface area contributed by atoms with Gasteiger partial charge in [-0.2, -0.15) is 0 Å². The second-order valence-electron chi connectivity index (χ2n) is 3.70. The molecular weight excluding hydrogens is 221 g/mol. The Bertz CT molecular complexity index is 327. The molecule has 0 aliphatic heterocycles. The summed E-state index contributed by atoms with van der Waals surface area (Å²) >= 11 is 0. The Kier molecular flexibility index (Phi) is 6.29. The summed E-state index contributed by atoms with van der Waals surface area (Å²) in [5, 5.41) is 12.6. The molecule has 0 saturated heterocycles. The molecule has 0 spiro atoms. The lowest BCUT2D eigenvalue weighted by Crippen LogP contribution is -2.31. The maximum atomic E-state index is 12.6. The van der Waals surface area contributed by atoms with Crippen molar-refractivity contribution in [1.29, 1.82) is 0 Å². The van der Waals surface area contributed by atoms with Crippen molar-refractivity contribution in [3.63, 3.8) is 0 Å². The number of benzene rings is 1. The van der Waals surface area contributed by atoms with Crippen molar-refractivity contribution in [2.45, 2.75) is 12.5 Å². The zero-order valence-corrected chi connectivity index (χ0v) is 9.73. The standard InChI is InChI=1S/C13H18FNO2/c1-2-3-8-15-9-12(16)10-17-13-6-4-11(14)5-7-13/h2,4-7,12,15-16H,1,3,8-10H2. The highest BCUT2D eigenvalue weighted by atomic mass is 19.1. The van der Waals surface area contributed by atoms with E-state index in [1.165, 1.54) is 24.3 Å². The molecule has 3 nitrogen and oxygen atoms in total. The van der Waals surface area contributed by atoms with Gasteiger partial charge in [0.1, 0.15) is 24.3 Å². The van der Waals surface area contributed by atoms with Gasteiger partial charge < -0.3 is 15.2 Å². The lowest BCUT2D eigenvalue weighted by atomic mass is 10.3. The molecule has 1 rings (SSSR count). The largest absolute Gasteiger partial charge is 0.491 e. The lowest BCUT2D eigenvalue weighted by molar-refractivity contribution is 0.106. The SMILES string of the molecule is C=CCCNCC(O)COc1ccc(F)cc1. The Morgan fingerprint density at radius 3 is 2.76 bits per heavy atom. The molecule has 0 aliphatic carbocycles. The van der Waals surface area contributed by atoms with Crippen LogP contribution in [0.1, 0.15) is 6.42 Å². The smallest absolute Gasteiger partial charge is 0.123 e.